The molecule has 2 rings (SSSR count). The maximum absolute atomic E-state index is 11.6. The van der Waals surface area contributed by atoms with E-state index in [1.54, 1.807) is 0 Å². The van der Waals surface area contributed by atoms with Crippen LogP contribution in [0.15, 0.2) is 18.2 Å². The van der Waals surface area contributed by atoms with Gasteiger partial charge in [-0.3, -0.25) is 4.79 Å². The number of anilines is 1. The molecule has 0 aliphatic heterocycles. The fourth-order valence-corrected chi connectivity index (χ4v) is 1.93. The summed E-state index contributed by atoms with van der Waals surface area (Å²) in [6.07, 6.45) is 3.48. The van der Waals surface area contributed by atoms with Gasteiger partial charge in [0.15, 0.2) is 0 Å². The molecule has 4 nitrogen and oxygen atoms in total. The van der Waals surface area contributed by atoms with E-state index in [1.807, 2.05) is 18.2 Å². The third-order valence-corrected chi connectivity index (χ3v) is 3.23. The van der Waals surface area contributed by atoms with Crippen molar-refractivity contribution in [1.82, 2.24) is 5.32 Å². The van der Waals surface area contributed by atoms with E-state index < -0.39 is 0 Å². The summed E-state index contributed by atoms with van der Waals surface area (Å²) in [4.78, 5) is 11.6. The summed E-state index contributed by atoms with van der Waals surface area (Å²) in [5, 5.41) is 2.99. The molecule has 0 bridgehead atoms. The smallest absolute Gasteiger partial charge is 0.220 e. The van der Waals surface area contributed by atoms with Crippen LogP contribution in [0.2, 0.25) is 0 Å². The van der Waals surface area contributed by atoms with E-state index >= 15 is 0 Å². The van der Waals surface area contributed by atoms with E-state index in [4.69, 9.17) is 10.5 Å². The second-order valence-corrected chi connectivity index (χ2v) is 5.92. The Morgan fingerprint density at radius 1 is 1.45 bits per heavy atom. The second kappa shape index (κ2) is 6.64. The first kappa shape index (κ1) is 14.7. The number of carbonyl (C=O) groups is 1. The van der Waals surface area contributed by atoms with Crippen LogP contribution < -0.4 is 15.8 Å². The molecule has 110 valence electrons. The molecule has 0 heterocycles. The monoisotopic (exact) mass is 276 g/mol. The number of nitrogens with one attached hydrogen (secondary N) is 1. The van der Waals surface area contributed by atoms with Crippen LogP contribution in [-0.2, 0) is 11.2 Å². The highest BCUT2D eigenvalue weighted by Gasteiger charge is 2.22. The van der Waals surface area contributed by atoms with Gasteiger partial charge in [-0.2, -0.15) is 0 Å². The highest BCUT2D eigenvalue weighted by Crippen LogP contribution is 2.24. The third-order valence-electron chi connectivity index (χ3n) is 3.23. The number of aryl methyl sites for hydroxylation is 1. The minimum absolute atomic E-state index is 0.131. The summed E-state index contributed by atoms with van der Waals surface area (Å²) in [6, 6.07) is 6.21. The van der Waals surface area contributed by atoms with Gasteiger partial charge in [-0.15, -0.1) is 0 Å². The first-order chi connectivity index (χ1) is 9.54. The van der Waals surface area contributed by atoms with Gasteiger partial charge in [-0.05, 0) is 42.9 Å². The molecule has 3 N–H and O–H groups in total. The number of nitrogen functional groups attached to an aromatic ring is 1. The Morgan fingerprint density at radius 2 is 2.20 bits per heavy atom. The molecule has 1 saturated carbocycles. The van der Waals surface area contributed by atoms with Gasteiger partial charge in [0, 0.05) is 12.5 Å². The summed E-state index contributed by atoms with van der Waals surface area (Å²) in [7, 11) is 0. The molecule has 0 saturated heterocycles. The van der Waals surface area contributed by atoms with E-state index in [2.05, 4.69) is 19.2 Å². The van der Waals surface area contributed by atoms with Gasteiger partial charge < -0.3 is 15.8 Å². The molecule has 20 heavy (non-hydrogen) atoms. The van der Waals surface area contributed by atoms with E-state index in [-0.39, 0.29) is 5.91 Å². The molecular formula is C16H24N2O2. The number of amides is 1. The second-order valence-electron chi connectivity index (χ2n) is 5.92. The number of ether oxygens (including phenoxy) is 1. The molecular weight excluding hydrogens is 252 g/mol. The van der Waals surface area contributed by atoms with E-state index in [0.717, 1.165) is 24.2 Å². The highest BCUT2D eigenvalue weighted by atomic mass is 16.5. The maximum atomic E-state index is 11.6. The molecule has 1 aliphatic rings. The zero-order chi connectivity index (χ0) is 14.5. The standard InChI is InChI=1S/C16H24N2O2/c1-11(2)10-20-15-7-3-12(9-14(15)17)4-8-16(19)18-13-5-6-13/h3,7,9,11,13H,4-6,8,10,17H2,1-2H3,(H,18,19). The van der Waals surface area contributed by atoms with Crippen LogP contribution in [0.25, 0.3) is 0 Å². The van der Waals surface area contributed by atoms with Crippen molar-refractivity contribution in [1.29, 1.82) is 0 Å². The fourth-order valence-electron chi connectivity index (χ4n) is 1.93. The summed E-state index contributed by atoms with van der Waals surface area (Å²) < 4.78 is 5.64. The van der Waals surface area contributed by atoms with Gasteiger partial charge in [0.1, 0.15) is 5.75 Å². The largest absolute Gasteiger partial charge is 0.491 e. The number of nitrogens with two attached hydrogens (primary N) is 1. The minimum atomic E-state index is 0.131. The Hall–Kier alpha value is -1.71. The van der Waals surface area contributed by atoms with Crippen molar-refractivity contribution in [3.8, 4) is 5.75 Å². The number of carbonyl (C=O) groups excluding carboxylic acids is 1. The first-order valence-electron chi connectivity index (χ1n) is 7.35. The van der Waals surface area contributed by atoms with E-state index in [9.17, 15) is 4.79 Å². The van der Waals surface area contributed by atoms with Crippen LogP contribution in [0, 0.1) is 5.92 Å². The van der Waals surface area contributed by atoms with Crippen molar-refractivity contribution in [3.05, 3.63) is 23.8 Å². The lowest BCUT2D eigenvalue weighted by molar-refractivity contribution is -0.121. The van der Waals surface area contributed by atoms with Gasteiger partial charge in [0.2, 0.25) is 5.91 Å². The molecule has 0 radical (unpaired) electrons. The average molecular weight is 276 g/mol. The van der Waals surface area contributed by atoms with Crippen LogP contribution >= 0.6 is 0 Å². The zero-order valence-corrected chi connectivity index (χ0v) is 12.3. The summed E-state index contributed by atoms with van der Waals surface area (Å²) in [5.41, 5.74) is 7.70. The van der Waals surface area contributed by atoms with Gasteiger partial charge in [-0.25, -0.2) is 0 Å². The molecule has 0 spiro atoms. The normalized spacial score (nSPS) is 14.3. The Labute approximate surface area is 120 Å². The molecule has 1 aliphatic carbocycles. The lowest BCUT2D eigenvalue weighted by Gasteiger charge is -2.12. The van der Waals surface area contributed by atoms with Gasteiger partial charge in [0.25, 0.3) is 0 Å². The summed E-state index contributed by atoms with van der Waals surface area (Å²) in [5.74, 6) is 1.33. The third kappa shape index (κ3) is 4.76. The number of benzene rings is 1. The number of hydrogen-bond acceptors (Lipinski definition) is 3. The van der Waals surface area contributed by atoms with Crippen molar-refractivity contribution in [3.63, 3.8) is 0 Å². The number of rotatable bonds is 7. The highest BCUT2D eigenvalue weighted by molar-refractivity contribution is 5.76. The van der Waals surface area contributed by atoms with E-state index in [0.29, 0.717) is 37.1 Å². The predicted octanol–water partition coefficient (Wildman–Crippen LogP) is 2.51. The van der Waals surface area contributed by atoms with Crippen molar-refractivity contribution >= 4 is 11.6 Å². The van der Waals surface area contributed by atoms with E-state index in [1.165, 1.54) is 0 Å². The van der Waals surface area contributed by atoms with Gasteiger partial charge >= 0.3 is 0 Å². The lowest BCUT2D eigenvalue weighted by atomic mass is 10.1. The van der Waals surface area contributed by atoms with Crippen molar-refractivity contribution in [2.75, 3.05) is 12.3 Å². The van der Waals surface area contributed by atoms with Crippen molar-refractivity contribution in [2.45, 2.75) is 45.6 Å². The fraction of sp³-hybridized carbons (Fsp3) is 0.562. The Kier molecular flexibility index (Phi) is 4.88. The van der Waals surface area contributed by atoms with Crippen molar-refractivity contribution in [2.24, 2.45) is 5.92 Å². The van der Waals surface area contributed by atoms with Crippen molar-refractivity contribution < 1.29 is 9.53 Å². The summed E-state index contributed by atoms with van der Waals surface area (Å²) >= 11 is 0. The maximum Gasteiger partial charge on any atom is 0.220 e. The Bertz CT molecular complexity index is 468. The minimum Gasteiger partial charge on any atom is -0.491 e. The zero-order valence-electron chi connectivity index (χ0n) is 12.3. The molecule has 4 heteroatoms. The summed E-state index contributed by atoms with van der Waals surface area (Å²) in [6.45, 7) is 4.86. The molecule has 0 aromatic heterocycles. The predicted molar refractivity (Wildman–Crippen MR) is 80.7 cm³/mol. The Morgan fingerprint density at radius 3 is 2.80 bits per heavy atom. The molecule has 1 aromatic carbocycles. The number of hydrogen-bond donors (Lipinski definition) is 2. The van der Waals surface area contributed by atoms with Crippen LogP contribution in [0.4, 0.5) is 5.69 Å². The van der Waals surface area contributed by atoms with Crippen LogP contribution in [0.1, 0.15) is 38.7 Å². The van der Waals surface area contributed by atoms with Crippen LogP contribution in [-0.4, -0.2) is 18.6 Å². The molecule has 0 unspecified atom stereocenters. The molecule has 0 atom stereocenters. The van der Waals surface area contributed by atoms with Crippen LogP contribution in [0.3, 0.4) is 0 Å². The Balaban J connectivity index is 1.82. The van der Waals surface area contributed by atoms with Crippen LogP contribution in [0.5, 0.6) is 5.75 Å². The molecule has 1 amide bonds. The average Bonchev–Trinajstić information content (AvgIpc) is 3.19. The first-order valence-corrected chi connectivity index (χ1v) is 7.35. The quantitative estimate of drug-likeness (QED) is 0.752. The lowest BCUT2D eigenvalue weighted by Crippen LogP contribution is -2.25. The van der Waals surface area contributed by atoms with Gasteiger partial charge in [-0.1, -0.05) is 19.9 Å². The van der Waals surface area contributed by atoms with Gasteiger partial charge in [0.05, 0.1) is 12.3 Å². The topological polar surface area (TPSA) is 64.3 Å². The molecule has 1 aromatic rings. The SMILES string of the molecule is CC(C)COc1ccc(CCC(=O)NC2CC2)cc1N. The molecule has 1 fully saturated rings.